The van der Waals surface area contributed by atoms with Gasteiger partial charge in [-0.2, -0.15) is 0 Å². The van der Waals surface area contributed by atoms with Crippen molar-refractivity contribution in [3.05, 3.63) is 58.8 Å². The van der Waals surface area contributed by atoms with Gasteiger partial charge in [0, 0.05) is 12.0 Å². The molecular formula is C12H10ClFO2. The van der Waals surface area contributed by atoms with Crippen LogP contribution < -0.4 is 0 Å². The number of halogens is 2. The highest BCUT2D eigenvalue weighted by Gasteiger charge is 2.10. The molecule has 0 aliphatic rings. The van der Waals surface area contributed by atoms with Crippen molar-refractivity contribution in [2.75, 3.05) is 0 Å². The molecule has 2 rings (SSSR count). The smallest absolute Gasteiger partial charge is 0.141 e. The quantitative estimate of drug-likeness (QED) is 0.893. The molecular weight excluding hydrogens is 231 g/mol. The number of hydrogen-bond acceptors (Lipinski definition) is 2. The van der Waals surface area contributed by atoms with Crippen LogP contribution in [-0.4, -0.2) is 5.11 Å². The summed E-state index contributed by atoms with van der Waals surface area (Å²) in [6, 6.07) is 6.10. The molecule has 0 amide bonds. The van der Waals surface area contributed by atoms with Crippen molar-refractivity contribution in [3.8, 4) is 0 Å². The fraction of sp³-hybridized carbons (Fsp3) is 0.167. The minimum Gasteiger partial charge on any atom is -0.472 e. The molecule has 4 heteroatoms. The average molecular weight is 241 g/mol. The Morgan fingerprint density at radius 1 is 1.38 bits per heavy atom. The van der Waals surface area contributed by atoms with E-state index in [2.05, 4.69) is 0 Å². The third kappa shape index (κ3) is 2.43. The first kappa shape index (κ1) is 11.2. The van der Waals surface area contributed by atoms with Gasteiger partial charge in [-0.05, 0) is 23.8 Å². The molecule has 0 saturated heterocycles. The van der Waals surface area contributed by atoms with Crippen LogP contribution in [0.25, 0.3) is 0 Å². The Kier molecular flexibility index (Phi) is 3.27. The van der Waals surface area contributed by atoms with Crippen LogP contribution in [0.15, 0.2) is 41.2 Å². The predicted octanol–water partition coefficient (Wildman–Crippen LogP) is 3.35. The maximum Gasteiger partial charge on any atom is 0.141 e. The second-order valence-corrected chi connectivity index (χ2v) is 3.93. The number of rotatable bonds is 3. The maximum absolute atomic E-state index is 12.9. The Labute approximate surface area is 97.3 Å². The van der Waals surface area contributed by atoms with E-state index < -0.39 is 11.9 Å². The van der Waals surface area contributed by atoms with Gasteiger partial charge in [0.15, 0.2) is 0 Å². The summed E-state index contributed by atoms with van der Waals surface area (Å²) in [5.74, 6) is -0.455. The van der Waals surface area contributed by atoms with Crippen LogP contribution in [0.2, 0.25) is 5.02 Å². The average Bonchev–Trinajstić information content (AvgIpc) is 2.77. The third-order valence-corrected chi connectivity index (χ3v) is 2.63. The van der Waals surface area contributed by atoms with Gasteiger partial charge in [0.05, 0.1) is 23.7 Å². The van der Waals surface area contributed by atoms with Gasteiger partial charge in [-0.1, -0.05) is 17.7 Å². The Hall–Kier alpha value is -1.32. The zero-order valence-electron chi connectivity index (χ0n) is 8.36. The molecule has 16 heavy (non-hydrogen) atoms. The Morgan fingerprint density at radius 3 is 2.81 bits per heavy atom. The first-order chi connectivity index (χ1) is 7.66. The maximum atomic E-state index is 12.9. The molecule has 1 unspecified atom stereocenters. The summed E-state index contributed by atoms with van der Waals surface area (Å²) in [4.78, 5) is 0. The van der Waals surface area contributed by atoms with Gasteiger partial charge in [-0.15, -0.1) is 0 Å². The Bertz CT molecular complexity index is 468. The van der Waals surface area contributed by atoms with Gasteiger partial charge < -0.3 is 9.52 Å². The van der Waals surface area contributed by atoms with Crippen molar-refractivity contribution < 1.29 is 13.9 Å². The number of furan rings is 1. The van der Waals surface area contributed by atoms with Crippen LogP contribution in [0.1, 0.15) is 17.2 Å². The van der Waals surface area contributed by atoms with Crippen molar-refractivity contribution in [1.82, 2.24) is 0 Å². The molecule has 0 aliphatic heterocycles. The van der Waals surface area contributed by atoms with Crippen LogP contribution >= 0.6 is 11.6 Å². The van der Waals surface area contributed by atoms with Crippen LogP contribution in [-0.2, 0) is 6.42 Å². The fourth-order valence-corrected chi connectivity index (χ4v) is 1.68. The molecule has 1 aromatic heterocycles. The van der Waals surface area contributed by atoms with E-state index in [1.807, 2.05) is 0 Å². The van der Waals surface area contributed by atoms with Gasteiger partial charge in [-0.3, -0.25) is 0 Å². The first-order valence-corrected chi connectivity index (χ1v) is 5.18. The SMILES string of the molecule is OC(Cc1ccc(F)c(Cl)c1)c1ccoc1. The third-order valence-electron chi connectivity index (χ3n) is 2.34. The lowest BCUT2D eigenvalue weighted by Gasteiger charge is -2.08. The highest BCUT2D eigenvalue weighted by atomic mass is 35.5. The summed E-state index contributed by atoms with van der Waals surface area (Å²) < 4.78 is 17.8. The molecule has 0 fully saturated rings. The Morgan fingerprint density at radius 2 is 2.19 bits per heavy atom. The van der Waals surface area contributed by atoms with Gasteiger partial charge in [0.25, 0.3) is 0 Å². The van der Waals surface area contributed by atoms with E-state index in [0.29, 0.717) is 12.0 Å². The molecule has 2 aromatic rings. The lowest BCUT2D eigenvalue weighted by molar-refractivity contribution is 0.177. The molecule has 1 heterocycles. The van der Waals surface area contributed by atoms with Gasteiger partial charge in [0.2, 0.25) is 0 Å². The predicted molar refractivity (Wildman–Crippen MR) is 58.8 cm³/mol. The molecule has 1 N–H and O–H groups in total. The largest absolute Gasteiger partial charge is 0.472 e. The summed E-state index contributed by atoms with van der Waals surface area (Å²) in [7, 11) is 0. The molecule has 0 spiro atoms. The standard InChI is InChI=1S/C12H10ClFO2/c13-10-5-8(1-2-11(10)14)6-12(15)9-3-4-16-7-9/h1-5,7,12,15H,6H2. The fourth-order valence-electron chi connectivity index (χ4n) is 1.47. The van der Waals surface area contributed by atoms with E-state index in [-0.39, 0.29) is 5.02 Å². The van der Waals surface area contributed by atoms with Crippen LogP contribution in [0.4, 0.5) is 4.39 Å². The zero-order valence-corrected chi connectivity index (χ0v) is 9.12. The first-order valence-electron chi connectivity index (χ1n) is 4.81. The number of aliphatic hydroxyl groups excluding tert-OH is 1. The number of hydrogen-bond donors (Lipinski definition) is 1. The van der Waals surface area contributed by atoms with E-state index in [1.54, 1.807) is 12.1 Å². The monoisotopic (exact) mass is 240 g/mol. The summed E-state index contributed by atoms with van der Waals surface area (Å²) in [5.41, 5.74) is 1.47. The molecule has 0 bridgehead atoms. The van der Waals surface area contributed by atoms with E-state index in [4.69, 9.17) is 16.0 Å². The summed E-state index contributed by atoms with van der Waals surface area (Å²) in [5, 5.41) is 9.89. The highest BCUT2D eigenvalue weighted by Crippen LogP contribution is 2.22. The molecule has 2 nitrogen and oxygen atoms in total. The number of benzene rings is 1. The number of aliphatic hydroxyl groups is 1. The molecule has 0 radical (unpaired) electrons. The van der Waals surface area contributed by atoms with Crippen LogP contribution in [0.3, 0.4) is 0 Å². The molecule has 1 atom stereocenters. The second-order valence-electron chi connectivity index (χ2n) is 3.53. The van der Waals surface area contributed by atoms with Gasteiger partial charge >= 0.3 is 0 Å². The summed E-state index contributed by atoms with van der Waals surface area (Å²) in [6.07, 6.45) is 2.69. The van der Waals surface area contributed by atoms with Crippen molar-refractivity contribution in [2.45, 2.75) is 12.5 Å². The van der Waals surface area contributed by atoms with Crippen molar-refractivity contribution in [1.29, 1.82) is 0 Å². The van der Waals surface area contributed by atoms with E-state index in [1.165, 1.54) is 24.7 Å². The molecule has 84 valence electrons. The Balaban J connectivity index is 2.12. The molecule has 0 saturated carbocycles. The molecule has 0 aliphatic carbocycles. The topological polar surface area (TPSA) is 33.4 Å². The van der Waals surface area contributed by atoms with Crippen LogP contribution in [0.5, 0.6) is 0 Å². The van der Waals surface area contributed by atoms with E-state index in [9.17, 15) is 9.50 Å². The summed E-state index contributed by atoms with van der Waals surface area (Å²) >= 11 is 5.65. The zero-order chi connectivity index (χ0) is 11.5. The van der Waals surface area contributed by atoms with Crippen molar-refractivity contribution in [3.63, 3.8) is 0 Å². The highest BCUT2D eigenvalue weighted by molar-refractivity contribution is 6.30. The second kappa shape index (κ2) is 4.68. The normalized spacial score (nSPS) is 12.7. The van der Waals surface area contributed by atoms with Crippen molar-refractivity contribution >= 4 is 11.6 Å². The van der Waals surface area contributed by atoms with Crippen molar-refractivity contribution in [2.24, 2.45) is 0 Å². The lowest BCUT2D eigenvalue weighted by atomic mass is 10.0. The van der Waals surface area contributed by atoms with E-state index >= 15 is 0 Å². The van der Waals surface area contributed by atoms with Crippen LogP contribution in [0, 0.1) is 5.82 Å². The summed E-state index contributed by atoms with van der Waals surface area (Å²) in [6.45, 7) is 0. The minimum atomic E-state index is -0.666. The van der Waals surface area contributed by atoms with Gasteiger partial charge in [-0.25, -0.2) is 4.39 Å². The lowest BCUT2D eigenvalue weighted by Crippen LogP contribution is -2.00. The minimum absolute atomic E-state index is 0.0666. The molecule has 1 aromatic carbocycles. The van der Waals surface area contributed by atoms with E-state index in [0.717, 1.165) is 5.56 Å². The van der Waals surface area contributed by atoms with Gasteiger partial charge in [0.1, 0.15) is 5.82 Å².